The molecule has 3 rings (SSSR count). The number of fused-ring (bicyclic) bond motifs is 1. The minimum absolute atomic E-state index is 0.211. The average molecular weight is 315 g/mol. The molecule has 0 saturated carbocycles. The highest BCUT2D eigenvalue weighted by Crippen LogP contribution is 2.21. The molecule has 3 heterocycles. The quantitative estimate of drug-likeness (QED) is 0.803. The Bertz CT molecular complexity index is 817. The van der Waals surface area contributed by atoms with Crippen LogP contribution in [-0.4, -0.2) is 19.6 Å². The monoisotopic (exact) mass is 315 g/mol. The van der Waals surface area contributed by atoms with E-state index in [1.807, 2.05) is 30.6 Å². The minimum atomic E-state index is 0.211. The topological polar surface area (TPSA) is 55.1 Å². The van der Waals surface area contributed by atoms with Crippen molar-refractivity contribution in [1.29, 1.82) is 0 Å². The second-order valence-corrected chi connectivity index (χ2v) is 6.99. The van der Waals surface area contributed by atoms with Crippen LogP contribution in [0.1, 0.15) is 45.5 Å². The van der Waals surface area contributed by atoms with Gasteiger partial charge in [-0.25, -0.2) is 14.5 Å². The van der Waals surface area contributed by atoms with E-state index >= 15 is 0 Å². The normalized spacial score (nSPS) is 13.0. The lowest BCUT2D eigenvalue weighted by molar-refractivity contribution is 0.567. The first-order valence-corrected chi connectivity index (χ1v) is 8.25. The van der Waals surface area contributed by atoms with Crippen LogP contribution in [0.5, 0.6) is 0 Å². The van der Waals surface area contributed by atoms with Gasteiger partial charge in [0, 0.05) is 41.0 Å². The molecule has 1 N–H and O–H groups in total. The van der Waals surface area contributed by atoms with Crippen LogP contribution in [0.15, 0.2) is 12.3 Å². The molecule has 22 heavy (non-hydrogen) atoms. The fourth-order valence-electron chi connectivity index (χ4n) is 2.69. The molecule has 3 aromatic heterocycles. The first-order valence-electron chi connectivity index (χ1n) is 7.44. The minimum Gasteiger partial charge on any atom is -0.305 e. The molecular formula is C16H21N5S. The SMILES string of the molecule is Cc1cc2ncc([C@@H](C)NCc3sc(C)nc3C)c(C)n2n1. The van der Waals surface area contributed by atoms with Crippen molar-refractivity contribution >= 4 is 17.0 Å². The Kier molecular flexibility index (Phi) is 3.97. The van der Waals surface area contributed by atoms with Gasteiger partial charge in [0.15, 0.2) is 5.65 Å². The van der Waals surface area contributed by atoms with E-state index in [0.29, 0.717) is 0 Å². The van der Waals surface area contributed by atoms with Gasteiger partial charge in [-0.2, -0.15) is 5.10 Å². The summed E-state index contributed by atoms with van der Waals surface area (Å²) >= 11 is 1.75. The zero-order chi connectivity index (χ0) is 15.9. The van der Waals surface area contributed by atoms with E-state index in [2.05, 4.69) is 41.2 Å². The van der Waals surface area contributed by atoms with Crippen molar-refractivity contribution in [3.63, 3.8) is 0 Å². The second kappa shape index (κ2) is 5.78. The molecule has 0 spiro atoms. The van der Waals surface area contributed by atoms with E-state index in [9.17, 15) is 0 Å². The molecule has 0 radical (unpaired) electrons. The number of aromatic nitrogens is 4. The molecule has 116 valence electrons. The van der Waals surface area contributed by atoms with Gasteiger partial charge in [-0.05, 0) is 34.6 Å². The van der Waals surface area contributed by atoms with E-state index in [4.69, 9.17) is 0 Å². The summed E-state index contributed by atoms with van der Waals surface area (Å²) in [5, 5.41) is 9.20. The largest absolute Gasteiger partial charge is 0.305 e. The summed E-state index contributed by atoms with van der Waals surface area (Å²) in [4.78, 5) is 10.3. The first kappa shape index (κ1) is 15.1. The van der Waals surface area contributed by atoms with Crippen LogP contribution in [0.3, 0.4) is 0 Å². The summed E-state index contributed by atoms with van der Waals surface area (Å²) in [5.74, 6) is 0. The average Bonchev–Trinajstić information content (AvgIpc) is 2.99. The van der Waals surface area contributed by atoms with Crippen LogP contribution in [0.25, 0.3) is 5.65 Å². The summed E-state index contributed by atoms with van der Waals surface area (Å²) in [5.41, 5.74) is 5.32. The van der Waals surface area contributed by atoms with Crippen molar-refractivity contribution in [3.05, 3.63) is 44.8 Å². The number of nitrogens with one attached hydrogen (secondary N) is 1. The summed E-state index contributed by atoms with van der Waals surface area (Å²) < 4.78 is 1.92. The Labute approximate surface area is 134 Å². The number of aryl methyl sites for hydroxylation is 4. The highest BCUT2D eigenvalue weighted by Gasteiger charge is 2.14. The molecule has 0 unspecified atom stereocenters. The maximum atomic E-state index is 4.51. The van der Waals surface area contributed by atoms with Gasteiger partial charge in [-0.1, -0.05) is 0 Å². The maximum Gasteiger partial charge on any atom is 0.155 e. The Morgan fingerprint density at radius 1 is 1.27 bits per heavy atom. The Hall–Kier alpha value is -1.79. The summed E-state index contributed by atoms with van der Waals surface area (Å²) in [6.07, 6.45) is 1.95. The molecule has 5 nitrogen and oxygen atoms in total. The fourth-order valence-corrected chi connectivity index (χ4v) is 3.58. The van der Waals surface area contributed by atoms with Gasteiger partial charge in [0.2, 0.25) is 0 Å². The molecule has 3 aromatic rings. The zero-order valence-electron chi connectivity index (χ0n) is 13.6. The van der Waals surface area contributed by atoms with Crippen LogP contribution in [0, 0.1) is 27.7 Å². The van der Waals surface area contributed by atoms with Crippen LogP contribution in [0.4, 0.5) is 0 Å². The Morgan fingerprint density at radius 3 is 2.73 bits per heavy atom. The van der Waals surface area contributed by atoms with E-state index in [-0.39, 0.29) is 6.04 Å². The number of nitrogens with zero attached hydrogens (tertiary/aromatic N) is 4. The highest BCUT2D eigenvalue weighted by molar-refractivity contribution is 7.11. The summed E-state index contributed by atoms with van der Waals surface area (Å²) in [7, 11) is 0. The molecule has 0 saturated heterocycles. The fraction of sp³-hybridized carbons (Fsp3) is 0.438. The number of thiazole rings is 1. The number of rotatable bonds is 4. The second-order valence-electron chi connectivity index (χ2n) is 5.70. The molecule has 0 bridgehead atoms. The predicted molar refractivity (Wildman–Crippen MR) is 89.3 cm³/mol. The van der Waals surface area contributed by atoms with Gasteiger partial charge in [0.05, 0.1) is 16.4 Å². The molecule has 1 atom stereocenters. The van der Waals surface area contributed by atoms with Crippen molar-refractivity contribution in [2.24, 2.45) is 0 Å². The molecule has 0 aliphatic heterocycles. The predicted octanol–water partition coefficient (Wildman–Crippen LogP) is 3.27. The molecule has 0 fully saturated rings. The molecule has 0 aliphatic carbocycles. The lowest BCUT2D eigenvalue weighted by Crippen LogP contribution is -2.20. The molecule has 0 aliphatic rings. The van der Waals surface area contributed by atoms with Crippen LogP contribution < -0.4 is 5.32 Å². The standard InChI is InChI=1S/C16H21N5S/c1-9-6-16-18-7-14(12(4)21(16)20-9)10(2)17-8-15-11(3)19-13(5)22-15/h6-7,10,17H,8H2,1-5H3/t10-/m1/s1. The van der Waals surface area contributed by atoms with Gasteiger partial charge in [-0.3, -0.25) is 0 Å². The third-order valence-corrected chi connectivity index (χ3v) is 4.99. The van der Waals surface area contributed by atoms with Crippen molar-refractivity contribution in [1.82, 2.24) is 24.9 Å². The molecule has 6 heteroatoms. The van der Waals surface area contributed by atoms with Gasteiger partial charge in [0.1, 0.15) is 0 Å². The van der Waals surface area contributed by atoms with Gasteiger partial charge in [0.25, 0.3) is 0 Å². The number of hydrogen-bond acceptors (Lipinski definition) is 5. The number of hydrogen-bond donors (Lipinski definition) is 1. The van der Waals surface area contributed by atoms with E-state index in [0.717, 1.165) is 34.3 Å². The third kappa shape index (κ3) is 2.76. The van der Waals surface area contributed by atoms with Crippen molar-refractivity contribution in [3.8, 4) is 0 Å². The summed E-state index contributed by atoms with van der Waals surface area (Å²) in [6, 6.07) is 2.21. The Balaban J connectivity index is 1.81. The summed E-state index contributed by atoms with van der Waals surface area (Å²) in [6.45, 7) is 11.2. The highest BCUT2D eigenvalue weighted by atomic mass is 32.1. The zero-order valence-corrected chi connectivity index (χ0v) is 14.5. The van der Waals surface area contributed by atoms with E-state index < -0.39 is 0 Å². The van der Waals surface area contributed by atoms with E-state index in [1.165, 1.54) is 10.4 Å². The van der Waals surface area contributed by atoms with Crippen molar-refractivity contribution < 1.29 is 0 Å². The van der Waals surface area contributed by atoms with Gasteiger partial charge >= 0.3 is 0 Å². The van der Waals surface area contributed by atoms with Crippen molar-refractivity contribution in [2.75, 3.05) is 0 Å². The van der Waals surface area contributed by atoms with E-state index in [1.54, 1.807) is 11.3 Å². The van der Waals surface area contributed by atoms with Gasteiger partial charge in [-0.15, -0.1) is 11.3 Å². The van der Waals surface area contributed by atoms with Gasteiger partial charge < -0.3 is 5.32 Å². The lowest BCUT2D eigenvalue weighted by atomic mass is 10.1. The first-order chi connectivity index (χ1) is 10.5. The van der Waals surface area contributed by atoms with Crippen molar-refractivity contribution in [2.45, 2.75) is 47.2 Å². The van der Waals surface area contributed by atoms with Crippen LogP contribution in [0.2, 0.25) is 0 Å². The smallest absolute Gasteiger partial charge is 0.155 e. The molecule has 0 amide bonds. The molecule has 0 aromatic carbocycles. The lowest BCUT2D eigenvalue weighted by Gasteiger charge is -2.16. The van der Waals surface area contributed by atoms with Crippen LogP contribution in [-0.2, 0) is 6.54 Å². The Morgan fingerprint density at radius 2 is 2.05 bits per heavy atom. The third-order valence-electron chi connectivity index (χ3n) is 3.92. The molecular weight excluding hydrogens is 294 g/mol. The maximum absolute atomic E-state index is 4.51. The van der Waals surface area contributed by atoms with Crippen LogP contribution >= 0.6 is 11.3 Å².